The van der Waals surface area contributed by atoms with E-state index >= 15 is 0 Å². The predicted molar refractivity (Wildman–Crippen MR) is 101 cm³/mol. The van der Waals surface area contributed by atoms with E-state index in [4.69, 9.17) is 14.1 Å². The predicted octanol–water partition coefficient (Wildman–Crippen LogP) is 4.53. The van der Waals surface area contributed by atoms with Gasteiger partial charge in [-0.1, -0.05) is 62.4 Å². The molecular formula is C21H17BO3. The summed E-state index contributed by atoms with van der Waals surface area (Å²) in [4.78, 5) is 0. The van der Waals surface area contributed by atoms with Crippen LogP contribution in [0, 0.1) is 0 Å². The Kier molecular flexibility index (Phi) is 2.86. The summed E-state index contributed by atoms with van der Waals surface area (Å²) < 4.78 is 11.6. The molecule has 0 spiro atoms. The highest BCUT2D eigenvalue weighted by Gasteiger charge is 2.37. The second-order valence-corrected chi connectivity index (χ2v) is 7.04. The van der Waals surface area contributed by atoms with Gasteiger partial charge in [0.1, 0.15) is 11.3 Å². The summed E-state index contributed by atoms with van der Waals surface area (Å²) in [6.07, 6.45) is 0. The van der Waals surface area contributed by atoms with Crippen LogP contribution < -0.4 is 4.65 Å². The van der Waals surface area contributed by atoms with Crippen LogP contribution in [-0.4, -0.2) is 12.7 Å². The Morgan fingerprint density at radius 2 is 1.68 bits per heavy atom. The fourth-order valence-electron chi connectivity index (χ4n) is 4.20. The van der Waals surface area contributed by atoms with E-state index in [1.54, 1.807) is 0 Å². The molecule has 0 amide bonds. The number of hydrogen-bond acceptors (Lipinski definition) is 3. The Morgan fingerprint density at radius 3 is 2.52 bits per heavy atom. The highest BCUT2D eigenvalue weighted by molar-refractivity contribution is 6.19. The number of hydrogen-bond donors (Lipinski definition) is 1. The van der Waals surface area contributed by atoms with Gasteiger partial charge in [-0.15, -0.1) is 0 Å². The van der Waals surface area contributed by atoms with Crippen LogP contribution in [0.15, 0.2) is 59.0 Å². The number of para-hydroxylation sites is 1. The number of furan rings is 1. The monoisotopic (exact) mass is 328 g/mol. The third-order valence-electron chi connectivity index (χ3n) is 5.39. The Morgan fingerprint density at radius 1 is 0.880 bits per heavy atom. The third-order valence-corrected chi connectivity index (χ3v) is 5.39. The van der Waals surface area contributed by atoms with Gasteiger partial charge >= 0.3 is 7.69 Å². The van der Waals surface area contributed by atoms with Crippen molar-refractivity contribution in [2.45, 2.75) is 19.3 Å². The molecule has 0 bridgehead atoms. The molecule has 122 valence electrons. The molecule has 4 aromatic rings. The second-order valence-electron chi connectivity index (χ2n) is 7.04. The van der Waals surface area contributed by atoms with E-state index in [2.05, 4.69) is 50.2 Å². The molecular weight excluding hydrogens is 311 g/mol. The molecule has 0 saturated carbocycles. The lowest BCUT2D eigenvalue weighted by Gasteiger charge is -2.21. The molecule has 1 aliphatic rings. The van der Waals surface area contributed by atoms with Gasteiger partial charge in [-0.05, 0) is 22.8 Å². The van der Waals surface area contributed by atoms with Gasteiger partial charge in [0.2, 0.25) is 0 Å². The smallest absolute Gasteiger partial charge is 0.504 e. The van der Waals surface area contributed by atoms with Crippen molar-refractivity contribution in [1.29, 1.82) is 0 Å². The Balaban J connectivity index is 1.93. The van der Waals surface area contributed by atoms with Crippen LogP contribution in [0.3, 0.4) is 0 Å². The minimum Gasteiger partial charge on any atom is -0.536 e. The van der Waals surface area contributed by atoms with Crippen molar-refractivity contribution in [3.63, 3.8) is 0 Å². The van der Waals surface area contributed by atoms with Crippen LogP contribution in [-0.2, 0) is 5.41 Å². The number of rotatable bonds is 2. The molecule has 3 aromatic carbocycles. The minimum absolute atomic E-state index is 0.0521. The van der Waals surface area contributed by atoms with Gasteiger partial charge in [-0.3, -0.25) is 0 Å². The standard InChI is InChI=1S/C21H17BO3/c1-21(2)15-8-4-3-6-14(15)18-16(21)11-10-13-12-7-5-9-17(25-22-23)19(12)24-20(13)18/h3-11,22-23H,1-2H3. The van der Waals surface area contributed by atoms with Crippen molar-refractivity contribution in [3.8, 4) is 16.9 Å². The highest BCUT2D eigenvalue weighted by Crippen LogP contribution is 2.52. The first-order chi connectivity index (χ1) is 12.1. The Labute approximate surface area is 146 Å². The van der Waals surface area contributed by atoms with Crippen molar-refractivity contribution < 1.29 is 14.1 Å². The zero-order valence-electron chi connectivity index (χ0n) is 14.2. The van der Waals surface area contributed by atoms with E-state index in [1.165, 1.54) is 22.3 Å². The van der Waals surface area contributed by atoms with Gasteiger partial charge in [0.25, 0.3) is 0 Å². The molecule has 4 heteroatoms. The maximum atomic E-state index is 9.14. The first-order valence-corrected chi connectivity index (χ1v) is 8.45. The summed E-state index contributed by atoms with van der Waals surface area (Å²) in [6, 6.07) is 18.7. The number of benzene rings is 3. The molecule has 0 atom stereocenters. The van der Waals surface area contributed by atoms with E-state index in [1.807, 2.05) is 18.2 Å². The topological polar surface area (TPSA) is 42.6 Å². The molecule has 0 radical (unpaired) electrons. The third kappa shape index (κ3) is 1.80. The van der Waals surface area contributed by atoms with Gasteiger partial charge in [0.15, 0.2) is 5.58 Å². The van der Waals surface area contributed by atoms with Crippen molar-refractivity contribution in [1.82, 2.24) is 0 Å². The minimum atomic E-state index is -0.371. The van der Waals surface area contributed by atoms with Gasteiger partial charge in [0.05, 0.1) is 0 Å². The molecule has 0 aliphatic heterocycles. The van der Waals surface area contributed by atoms with E-state index in [0.717, 1.165) is 16.4 Å². The average molecular weight is 328 g/mol. The molecule has 1 aromatic heterocycles. The van der Waals surface area contributed by atoms with Gasteiger partial charge < -0.3 is 14.1 Å². The van der Waals surface area contributed by atoms with Gasteiger partial charge in [-0.2, -0.15) is 0 Å². The Bertz CT molecular complexity index is 1140. The second kappa shape index (κ2) is 4.90. The zero-order chi connectivity index (χ0) is 17.2. The fourth-order valence-corrected chi connectivity index (χ4v) is 4.20. The van der Waals surface area contributed by atoms with Crippen LogP contribution in [0.25, 0.3) is 33.1 Å². The zero-order valence-corrected chi connectivity index (χ0v) is 14.2. The van der Waals surface area contributed by atoms with Crippen LogP contribution >= 0.6 is 0 Å². The van der Waals surface area contributed by atoms with Crippen LogP contribution in [0.4, 0.5) is 0 Å². The van der Waals surface area contributed by atoms with Crippen molar-refractivity contribution in [2.24, 2.45) is 0 Å². The van der Waals surface area contributed by atoms with Crippen LogP contribution in [0.1, 0.15) is 25.0 Å². The molecule has 0 saturated heterocycles. The van der Waals surface area contributed by atoms with Crippen LogP contribution in [0.2, 0.25) is 0 Å². The summed E-state index contributed by atoms with van der Waals surface area (Å²) >= 11 is 0. The highest BCUT2D eigenvalue weighted by atomic mass is 16.5. The summed E-state index contributed by atoms with van der Waals surface area (Å²) in [6.45, 7) is 4.51. The molecule has 0 unspecified atom stereocenters. The van der Waals surface area contributed by atoms with Gasteiger partial charge in [0, 0.05) is 21.8 Å². The maximum Gasteiger partial charge on any atom is 0.504 e. The summed E-state index contributed by atoms with van der Waals surface area (Å²) in [7, 11) is -0.371. The first kappa shape index (κ1) is 14.6. The summed E-state index contributed by atoms with van der Waals surface area (Å²) in [5.41, 5.74) is 6.53. The summed E-state index contributed by atoms with van der Waals surface area (Å²) in [5.74, 6) is 0.565. The quantitative estimate of drug-likeness (QED) is 0.550. The summed E-state index contributed by atoms with van der Waals surface area (Å²) in [5, 5.41) is 11.2. The normalized spacial score (nSPS) is 14.5. The molecule has 25 heavy (non-hydrogen) atoms. The lowest BCUT2D eigenvalue weighted by molar-refractivity contribution is 0.451. The van der Waals surface area contributed by atoms with Crippen molar-refractivity contribution in [3.05, 3.63) is 65.7 Å². The molecule has 1 heterocycles. The largest absolute Gasteiger partial charge is 0.536 e. The van der Waals surface area contributed by atoms with Crippen molar-refractivity contribution in [2.75, 3.05) is 0 Å². The van der Waals surface area contributed by atoms with Crippen molar-refractivity contribution >= 4 is 29.6 Å². The van der Waals surface area contributed by atoms with E-state index in [9.17, 15) is 0 Å². The average Bonchev–Trinajstić information content (AvgIpc) is 3.10. The fraction of sp³-hybridized carbons (Fsp3) is 0.143. The molecule has 1 N–H and O–H groups in total. The molecule has 1 aliphatic carbocycles. The van der Waals surface area contributed by atoms with Gasteiger partial charge in [-0.25, -0.2) is 0 Å². The SMILES string of the molecule is CC1(C)c2ccccc2-c2c1ccc1c2oc2c(OBO)cccc21. The first-order valence-electron chi connectivity index (χ1n) is 8.45. The van der Waals surface area contributed by atoms with E-state index in [0.29, 0.717) is 11.3 Å². The maximum absolute atomic E-state index is 9.14. The van der Waals surface area contributed by atoms with E-state index < -0.39 is 0 Å². The van der Waals surface area contributed by atoms with E-state index in [-0.39, 0.29) is 13.1 Å². The van der Waals surface area contributed by atoms with Crippen LogP contribution in [0.5, 0.6) is 5.75 Å². The Hall–Kier alpha value is -2.72. The number of fused-ring (bicyclic) bond motifs is 7. The lowest BCUT2D eigenvalue weighted by atomic mass is 9.82. The molecule has 5 rings (SSSR count). The molecule has 0 fully saturated rings. The molecule has 3 nitrogen and oxygen atoms in total. The lowest BCUT2D eigenvalue weighted by Crippen LogP contribution is -2.14.